The first kappa shape index (κ1) is 20.4. The summed E-state index contributed by atoms with van der Waals surface area (Å²) >= 11 is 0. The van der Waals surface area contributed by atoms with E-state index in [0.29, 0.717) is 0 Å². The molecule has 0 unspecified atom stereocenters. The maximum absolute atomic E-state index is 13.0. The Kier molecular flexibility index (Phi) is 6.06. The number of rotatable bonds is 5. The lowest BCUT2D eigenvalue weighted by Gasteiger charge is -2.52. The van der Waals surface area contributed by atoms with Crippen molar-refractivity contribution in [3.8, 4) is 22.9 Å². The van der Waals surface area contributed by atoms with Crippen molar-refractivity contribution in [1.82, 2.24) is 4.90 Å². The van der Waals surface area contributed by atoms with E-state index in [1.54, 1.807) is 12.0 Å². The van der Waals surface area contributed by atoms with Gasteiger partial charge in [0.25, 0.3) is 0 Å². The molecule has 0 bridgehead atoms. The standard InChI is InChI=1S/C25H28N2O3/c1-30-21-13-11-18(12-14-21)17-7-9-19(10-8-17)24-22(15-26)27(23(24)16-28)25(29)20-5-3-2-4-6-20/h7-14,20,22-24,28H,2-6,16H2,1H3/t22-,23+,24-/m1/s1. The van der Waals surface area contributed by atoms with Crippen LogP contribution >= 0.6 is 0 Å². The molecule has 5 heteroatoms. The van der Waals surface area contributed by atoms with Gasteiger partial charge in [-0.3, -0.25) is 4.79 Å². The number of hydrogen-bond donors (Lipinski definition) is 1. The minimum atomic E-state index is -0.511. The van der Waals surface area contributed by atoms with Gasteiger partial charge in [0, 0.05) is 11.8 Å². The summed E-state index contributed by atoms with van der Waals surface area (Å²) in [6.07, 6.45) is 5.11. The molecule has 1 heterocycles. The van der Waals surface area contributed by atoms with Gasteiger partial charge in [-0.15, -0.1) is 0 Å². The molecular weight excluding hydrogens is 376 g/mol. The van der Waals surface area contributed by atoms with Crippen LogP contribution in [0.15, 0.2) is 48.5 Å². The van der Waals surface area contributed by atoms with Crippen molar-refractivity contribution in [3.63, 3.8) is 0 Å². The van der Waals surface area contributed by atoms with Gasteiger partial charge in [0.15, 0.2) is 0 Å². The van der Waals surface area contributed by atoms with E-state index >= 15 is 0 Å². The van der Waals surface area contributed by atoms with Crippen LogP contribution in [0.25, 0.3) is 11.1 Å². The molecular formula is C25H28N2O3. The minimum Gasteiger partial charge on any atom is -0.497 e. The summed E-state index contributed by atoms with van der Waals surface area (Å²) in [4.78, 5) is 14.7. The second-order valence-electron chi connectivity index (χ2n) is 8.28. The van der Waals surface area contributed by atoms with Gasteiger partial charge >= 0.3 is 0 Å². The van der Waals surface area contributed by atoms with Crippen LogP contribution in [0.5, 0.6) is 5.75 Å². The molecule has 2 aromatic carbocycles. The van der Waals surface area contributed by atoms with Gasteiger partial charge < -0.3 is 14.7 Å². The predicted molar refractivity (Wildman–Crippen MR) is 115 cm³/mol. The zero-order chi connectivity index (χ0) is 21.1. The highest BCUT2D eigenvalue weighted by atomic mass is 16.5. The number of aliphatic hydroxyl groups is 1. The molecule has 1 aliphatic heterocycles. The fourth-order valence-corrected chi connectivity index (χ4v) is 4.95. The second kappa shape index (κ2) is 8.89. The van der Waals surface area contributed by atoms with E-state index in [-0.39, 0.29) is 30.4 Å². The molecule has 1 amide bonds. The van der Waals surface area contributed by atoms with E-state index in [1.807, 2.05) is 48.5 Å². The third-order valence-corrected chi connectivity index (χ3v) is 6.66. The maximum atomic E-state index is 13.0. The van der Waals surface area contributed by atoms with Crippen LogP contribution in [-0.2, 0) is 4.79 Å². The first-order valence-electron chi connectivity index (χ1n) is 10.7. The van der Waals surface area contributed by atoms with Gasteiger partial charge in [-0.2, -0.15) is 5.26 Å². The third kappa shape index (κ3) is 3.68. The normalized spacial score (nSPS) is 24.0. The molecule has 0 spiro atoms. The highest BCUT2D eigenvalue weighted by Gasteiger charge is 2.52. The lowest BCUT2D eigenvalue weighted by atomic mass is 9.74. The quantitative estimate of drug-likeness (QED) is 0.813. The average molecular weight is 405 g/mol. The molecule has 2 aromatic rings. The summed E-state index contributed by atoms with van der Waals surface area (Å²) in [6, 6.07) is 17.5. The Morgan fingerprint density at radius 3 is 2.20 bits per heavy atom. The summed E-state index contributed by atoms with van der Waals surface area (Å²) in [5, 5.41) is 19.8. The number of methoxy groups -OCH3 is 1. The molecule has 0 radical (unpaired) electrons. The lowest BCUT2D eigenvalue weighted by Crippen LogP contribution is -2.66. The molecule has 2 fully saturated rings. The average Bonchev–Trinajstić information content (AvgIpc) is 2.80. The molecule has 1 aliphatic carbocycles. The lowest BCUT2D eigenvalue weighted by molar-refractivity contribution is -0.152. The zero-order valence-electron chi connectivity index (χ0n) is 17.3. The number of aliphatic hydroxyl groups excluding tert-OH is 1. The number of nitrogens with zero attached hydrogens (tertiary/aromatic N) is 2. The van der Waals surface area contributed by atoms with Crippen molar-refractivity contribution >= 4 is 5.91 Å². The van der Waals surface area contributed by atoms with Crippen LogP contribution < -0.4 is 4.74 Å². The number of hydrogen-bond acceptors (Lipinski definition) is 4. The second-order valence-corrected chi connectivity index (χ2v) is 8.28. The third-order valence-electron chi connectivity index (χ3n) is 6.66. The fraction of sp³-hybridized carbons (Fsp3) is 0.440. The van der Waals surface area contributed by atoms with Crippen molar-refractivity contribution in [3.05, 3.63) is 54.1 Å². The first-order valence-corrected chi connectivity index (χ1v) is 10.7. The van der Waals surface area contributed by atoms with Gasteiger partial charge in [0.05, 0.1) is 25.8 Å². The Labute approximate surface area is 177 Å². The first-order chi connectivity index (χ1) is 14.7. The van der Waals surface area contributed by atoms with E-state index in [1.165, 1.54) is 6.42 Å². The number of likely N-dealkylation sites (tertiary alicyclic amines) is 1. The Morgan fingerprint density at radius 2 is 1.67 bits per heavy atom. The van der Waals surface area contributed by atoms with Crippen LogP contribution in [0.4, 0.5) is 0 Å². The smallest absolute Gasteiger partial charge is 0.227 e. The van der Waals surface area contributed by atoms with Gasteiger partial charge in [-0.25, -0.2) is 0 Å². The Bertz CT molecular complexity index is 911. The number of amides is 1. The van der Waals surface area contributed by atoms with Crippen molar-refractivity contribution in [2.24, 2.45) is 5.92 Å². The van der Waals surface area contributed by atoms with E-state index in [2.05, 4.69) is 6.07 Å². The van der Waals surface area contributed by atoms with Crippen molar-refractivity contribution < 1.29 is 14.6 Å². The maximum Gasteiger partial charge on any atom is 0.227 e. The fourth-order valence-electron chi connectivity index (χ4n) is 4.95. The minimum absolute atomic E-state index is 0.00190. The Morgan fingerprint density at radius 1 is 1.07 bits per heavy atom. The Balaban J connectivity index is 1.52. The van der Waals surface area contributed by atoms with E-state index in [4.69, 9.17) is 4.74 Å². The van der Waals surface area contributed by atoms with Crippen LogP contribution in [-0.4, -0.2) is 41.7 Å². The SMILES string of the molecule is COc1ccc(-c2ccc([C@@H]3[C@@H](C#N)N(C(=O)C4CCCCC4)[C@H]3CO)cc2)cc1. The number of ether oxygens (including phenoxy) is 1. The summed E-state index contributed by atoms with van der Waals surface area (Å²) in [5.41, 5.74) is 3.15. The summed E-state index contributed by atoms with van der Waals surface area (Å²) in [6.45, 7) is -0.123. The summed E-state index contributed by atoms with van der Waals surface area (Å²) in [5.74, 6) is 0.709. The molecule has 2 aliphatic rings. The molecule has 1 N–H and O–H groups in total. The van der Waals surface area contributed by atoms with Crippen molar-refractivity contribution in [2.75, 3.05) is 13.7 Å². The van der Waals surface area contributed by atoms with Gasteiger partial charge in [0.2, 0.25) is 5.91 Å². The van der Waals surface area contributed by atoms with Crippen molar-refractivity contribution in [2.45, 2.75) is 50.1 Å². The zero-order valence-corrected chi connectivity index (χ0v) is 17.3. The van der Waals surface area contributed by atoms with Crippen LogP contribution in [0.3, 0.4) is 0 Å². The molecule has 1 saturated carbocycles. The monoisotopic (exact) mass is 404 g/mol. The van der Waals surface area contributed by atoms with Crippen LogP contribution in [0, 0.1) is 17.2 Å². The summed E-state index contributed by atoms with van der Waals surface area (Å²) in [7, 11) is 1.65. The van der Waals surface area contributed by atoms with E-state index < -0.39 is 6.04 Å². The number of carbonyl (C=O) groups is 1. The molecule has 0 aromatic heterocycles. The predicted octanol–water partition coefficient (Wildman–Crippen LogP) is 4.12. The highest BCUT2D eigenvalue weighted by Crippen LogP contribution is 2.43. The molecule has 5 nitrogen and oxygen atoms in total. The van der Waals surface area contributed by atoms with Crippen molar-refractivity contribution in [1.29, 1.82) is 5.26 Å². The van der Waals surface area contributed by atoms with Gasteiger partial charge in [-0.05, 0) is 41.7 Å². The topological polar surface area (TPSA) is 73.6 Å². The van der Waals surface area contributed by atoms with Gasteiger partial charge in [-0.1, -0.05) is 55.7 Å². The van der Waals surface area contributed by atoms with Crippen LogP contribution in [0.1, 0.15) is 43.6 Å². The molecule has 156 valence electrons. The van der Waals surface area contributed by atoms with E-state index in [9.17, 15) is 15.2 Å². The number of benzene rings is 2. The molecule has 1 saturated heterocycles. The highest BCUT2D eigenvalue weighted by molar-refractivity contribution is 5.81. The summed E-state index contributed by atoms with van der Waals surface area (Å²) < 4.78 is 5.21. The number of carbonyl (C=O) groups excluding carboxylic acids is 1. The molecule has 3 atom stereocenters. The number of nitriles is 1. The van der Waals surface area contributed by atoms with Gasteiger partial charge in [0.1, 0.15) is 11.8 Å². The molecule has 30 heavy (non-hydrogen) atoms. The molecule has 4 rings (SSSR count). The largest absolute Gasteiger partial charge is 0.497 e. The van der Waals surface area contributed by atoms with Crippen LogP contribution in [0.2, 0.25) is 0 Å². The Hall–Kier alpha value is -2.84. The van der Waals surface area contributed by atoms with E-state index in [0.717, 1.165) is 48.1 Å².